The standard InChI is InChI=1S/C7H12N2/c1-3-5-7-9-8-6-4-2/h3-8H,1-2H3/b5-3+,6-4-,9-7-. The molecular formula is C7H12N2. The number of hydrogen-bond acceptors (Lipinski definition) is 2. The Morgan fingerprint density at radius 2 is 2.00 bits per heavy atom. The molecule has 0 unspecified atom stereocenters. The van der Waals surface area contributed by atoms with E-state index in [4.69, 9.17) is 0 Å². The lowest BCUT2D eigenvalue weighted by atomic mass is 10.6. The Kier molecular flexibility index (Phi) is 6.14. The van der Waals surface area contributed by atoms with Crippen LogP contribution in [0.3, 0.4) is 0 Å². The Labute approximate surface area is 56.0 Å². The molecule has 0 rings (SSSR count). The third kappa shape index (κ3) is 6.95. The molecule has 0 spiro atoms. The van der Waals surface area contributed by atoms with Crippen LogP contribution in [0.4, 0.5) is 0 Å². The number of hydrogen-bond donors (Lipinski definition) is 1. The first kappa shape index (κ1) is 7.95. The van der Waals surface area contributed by atoms with E-state index in [1.807, 2.05) is 32.1 Å². The normalized spacial score (nSPS) is 12.2. The summed E-state index contributed by atoms with van der Waals surface area (Å²) in [6, 6.07) is 0. The summed E-state index contributed by atoms with van der Waals surface area (Å²) in [4.78, 5) is 0. The number of nitrogens with zero attached hydrogens (tertiary/aromatic N) is 1. The second-order valence-electron chi connectivity index (χ2n) is 1.43. The van der Waals surface area contributed by atoms with Gasteiger partial charge in [0.2, 0.25) is 0 Å². The predicted molar refractivity (Wildman–Crippen MR) is 41.3 cm³/mol. The van der Waals surface area contributed by atoms with Gasteiger partial charge in [0.05, 0.1) is 0 Å². The van der Waals surface area contributed by atoms with E-state index in [2.05, 4.69) is 10.5 Å². The van der Waals surface area contributed by atoms with Gasteiger partial charge in [-0.1, -0.05) is 12.2 Å². The van der Waals surface area contributed by atoms with E-state index in [1.165, 1.54) is 0 Å². The fraction of sp³-hybridized carbons (Fsp3) is 0.286. The first-order valence-corrected chi connectivity index (χ1v) is 2.93. The van der Waals surface area contributed by atoms with Crippen molar-refractivity contribution >= 4 is 6.21 Å². The number of hydrazone groups is 1. The van der Waals surface area contributed by atoms with Gasteiger partial charge in [0.15, 0.2) is 0 Å². The Balaban J connectivity index is 3.25. The smallest absolute Gasteiger partial charge is 0.0468 e. The molecule has 0 aliphatic heterocycles. The highest BCUT2D eigenvalue weighted by Crippen LogP contribution is 1.65. The van der Waals surface area contributed by atoms with Crippen molar-refractivity contribution in [3.05, 3.63) is 24.4 Å². The quantitative estimate of drug-likeness (QED) is 0.449. The van der Waals surface area contributed by atoms with Crippen LogP contribution in [0.25, 0.3) is 0 Å². The second-order valence-corrected chi connectivity index (χ2v) is 1.43. The first-order chi connectivity index (χ1) is 4.41. The number of nitrogens with one attached hydrogen (secondary N) is 1. The Hall–Kier alpha value is -1.05. The van der Waals surface area contributed by atoms with E-state index in [0.29, 0.717) is 0 Å². The minimum Gasteiger partial charge on any atom is -0.286 e. The fourth-order valence-electron chi connectivity index (χ4n) is 0.290. The molecule has 9 heavy (non-hydrogen) atoms. The molecule has 0 aromatic carbocycles. The third-order valence-electron chi connectivity index (χ3n) is 0.669. The van der Waals surface area contributed by atoms with Crippen molar-refractivity contribution in [2.45, 2.75) is 13.8 Å². The van der Waals surface area contributed by atoms with Crippen LogP contribution < -0.4 is 5.43 Å². The zero-order valence-corrected chi connectivity index (χ0v) is 5.83. The SMILES string of the molecule is C/C=C\N/N=C\C=C\C. The molecule has 0 aromatic rings. The van der Waals surface area contributed by atoms with Gasteiger partial charge in [-0.3, -0.25) is 5.43 Å². The van der Waals surface area contributed by atoms with Crippen molar-refractivity contribution in [2.75, 3.05) is 0 Å². The molecule has 0 fully saturated rings. The molecule has 0 bridgehead atoms. The van der Waals surface area contributed by atoms with Gasteiger partial charge in [-0.2, -0.15) is 5.10 Å². The molecule has 0 saturated heterocycles. The van der Waals surface area contributed by atoms with E-state index in [-0.39, 0.29) is 0 Å². The molecule has 1 N–H and O–H groups in total. The highest BCUT2D eigenvalue weighted by molar-refractivity contribution is 5.70. The maximum Gasteiger partial charge on any atom is 0.0468 e. The van der Waals surface area contributed by atoms with Crippen molar-refractivity contribution in [3.63, 3.8) is 0 Å². The lowest BCUT2D eigenvalue weighted by Crippen LogP contribution is -1.90. The van der Waals surface area contributed by atoms with Crippen LogP contribution in [0.15, 0.2) is 29.5 Å². The summed E-state index contributed by atoms with van der Waals surface area (Å²) in [7, 11) is 0. The monoisotopic (exact) mass is 124 g/mol. The van der Waals surface area contributed by atoms with E-state index in [1.54, 1.807) is 12.4 Å². The molecular weight excluding hydrogens is 112 g/mol. The van der Waals surface area contributed by atoms with E-state index >= 15 is 0 Å². The summed E-state index contributed by atoms with van der Waals surface area (Å²) >= 11 is 0. The second kappa shape index (κ2) is 6.95. The predicted octanol–water partition coefficient (Wildman–Crippen LogP) is 1.67. The average Bonchev–Trinajstić information content (AvgIpc) is 1.89. The summed E-state index contributed by atoms with van der Waals surface area (Å²) < 4.78 is 0. The first-order valence-electron chi connectivity index (χ1n) is 2.93. The van der Waals surface area contributed by atoms with Crippen LogP contribution in [-0.2, 0) is 0 Å². The summed E-state index contributed by atoms with van der Waals surface area (Å²) in [5.41, 5.74) is 2.71. The largest absolute Gasteiger partial charge is 0.286 e. The molecule has 0 amide bonds. The van der Waals surface area contributed by atoms with E-state index in [9.17, 15) is 0 Å². The molecule has 2 heteroatoms. The van der Waals surface area contributed by atoms with Gasteiger partial charge >= 0.3 is 0 Å². The van der Waals surface area contributed by atoms with E-state index in [0.717, 1.165) is 0 Å². The molecule has 0 atom stereocenters. The summed E-state index contributed by atoms with van der Waals surface area (Å²) in [6.45, 7) is 3.87. The summed E-state index contributed by atoms with van der Waals surface area (Å²) in [5, 5.41) is 3.80. The van der Waals surface area contributed by atoms with Crippen LogP contribution in [0, 0.1) is 0 Å². The van der Waals surface area contributed by atoms with Gasteiger partial charge in [-0.25, -0.2) is 0 Å². The maximum atomic E-state index is 3.80. The van der Waals surface area contributed by atoms with Gasteiger partial charge in [0, 0.05) is 12.4 Å². The minimum atomic E-state index is 1.69. The lowest BCUT2D eigenvalue weighted by Gasteiger charge is -1.82. The van der Waals surface area contributed by atoms with Crippen molar-refractivity contribution < 1.29 is 0 Å². The van der Waals surface area contributed by atoms with Crippen molar-refractivity contribution in [3.8, 4) is 0 Å². The Morgan fingerprint density at radius 1 is 1.22 bits per heavy atom. The van der Waals surface area contributed by atoms with Gasteiger partial charge in [-0.15, -0.1) is 0 Å². The minimum absolute atomic E-state index is 1.69. The van der Waals surface area contributed by atoms with Crippen LogP contribution in [0.2, 0.25) is 0 Å². The van der Waals surface area contributed by atoms with Crippen LogP contribution in [0.5, 0.6) is 0 Å². The molecule has 2 nitrogen and oxygen atoms in total. The zero-order valence-electron chi connectivity index (χ0n) is 5.83. The average molecular weight is 124 g/mol. The van der Waals surface area contributed by atoms with Gasteiger partial charge in [-0.05, 0) is 19.9 Å². The molecule has 0 aliphatic rings. The highest BCUT2D eigenvalue weighted by atomic mass is 15.3. The van der Waals surface area contributed by atoms with Crippen molar-refractivity contribution in [2.24, 2.45) is 5.10 Å². The number of allylic oxidation sites excluding steroid dienone is 3. The lowest BCUT2D eigenvalue weighted by molar-refractivity contribution is 0.974. The van der Waals surface area contributed by atoms with Gasteiger partial charge in [0.25, 0.3) is 0 Å². The summed E-state index contributed by atoms with van der Waals surface area (Å²) in [5.74, 6) is 0. The van der Waals surface area contributed by atoms with Crippen molar-refractivity contribution in [1.29, 1.82) is 0 Å². The molecule has 0 saturated carbocycles. The maximum absolute atomic E-state index is 3.80. The van der Waals surface area contributed by atoms with Crippen LogP contribution in [-0.4, -0.2) is 6.21 Å². The van der Waals surface area contributed by atoms with E-state index < -0.39 is 0 Å². The third-order valence-corrected chi connectivity index (χ3v) is 0.669. The fourth-order valence-corrected chi connectivity index (χ4v) is 0.290. The van der Waals surface area contributed by atoms with Gasteiger partial charge < -0.3 is 0 Å². The molecule has 0 aromatic heterocycles. The molecule has 0 heterocycles. The van der Waals surface area contributed by atoms with Crippen molar-refractivity contribution in [1.82, 2.24) is 5.43 Å². The van der Waals surface area contributed by atoms with Gasteiger partial charge in [0.1, 0.15) is 0 Å². The summed E-state index contributed by atoms with van der Waals surface area (Å²) in [6.07, 6.45) is 9.12. The van der Waals surface area contributed by atoms with Crippen LogP contribution in [0.1, 0.15) is 13.8 Å². The number of rotatable bonds is 3. The molecule has 0 radical (unpaired) electrons. The highest BCUT2D eigenvalue weighted by Gasteiger charge is 1.59. The van der Waals surface area contributed by atoms with Crippen LogP contribution >= 0.6 is 0 Å². The Morgan fingerprint density at radius 3 is 2.56 bits per heavy atom. The molecule has 0 aliphatic carbocycles. The molecule has 50 valence electrons. The Bertz CT molecular complexity index is 123. The zero-order chi connectivity index (χ0) is 6.95. The topological polar surface area (TPSA) is 24.4 Å².